The summed E-state index contributed by atoms with van der Waals surface area (Å²) in [5.41, 5.74) is 0.535. The van der Waals surface area contributed by atoms with E-state index in [9.17, 15) is 27.6 Å². The van der Waals surface area contributed by atoms with E-state index in [1.54, 1.807) is 30.3 Å². The standard InChI is InChI=1S/C18H16F3N3O4/c19-18(20,21)13-9-23(8-12(13)17(27)28)16(26)10-24-15(25)7-6-14(22-24)11-4-2-1-3-5-11/h1-7,12-13H,8-10H2,(H,27,28)/t12-,13-/m1/s1. The summed E-state index contributed by atoms with van der Waals surface area (Å²) in [6.45, 7) is -1.89. The smallest absolute Gasteiger partial charge is 0.394 e. The summed E-state index contributed by atoms with van der Waals surface area (Å²) in [5.74, 6) is -6.28. The number of aliphatic carboxylic acids is 1. The van der Waals surface area contributed by atoms with E-state index in [2.05, 4.69) is 5.10 Å². The largest absolute Gasteiger partial charge is 0.481 e. The maximum Gasteiger partial charge on any atom is 0.394 e. The Hall–Kier alpha value is -3.17. The fourth-order valence-electron chi connectivity index (χ4n) is 3.14. The van der Waals surface area contributed by atoms with Crippen molar-refractivity contribution in [2.75, 3.05) is 13.1 Å². The molecule has 0 unspecified atom stereocenters. The number of aromatic nitrogens is 2. The SMILES string of the molecule is O=C(O)[C@@H]1CN(C(=O)Cn2nc(-c3ccccc3)ccc2=O)C[C@H]1C(F)(F)F. The highest BCUT2D eigenvalue weighted by molar-refractivity contribution is 5.79. The summed E-state index contributed by atoms with van der Waals surface area (Å²) < 4.78 is 40.1. The van der Waals surface area contributed by atoms with Crippen LogP contribution in [0.3, 0.4) is 0 Å². The van der Waals surface area contributed by atoms with Crippen LogP contribution < -0.4 is 5.56 Å². The number of likely N-dealkylation sites (tertiary alicyclic amines) is 1. The summed E-state index contributed by atoms with van der Waals surface area (Å²) in [6, 6.07) is 11.5. The number of rotatable bonds is 4. The Kier molecular flexibility index (Phi) is 5.21. The van der Waals surface area contributed by atoms with Gasteiger partial charge in [0.15, 0.2) is 0 Å². The van der Waals surface area contributed by atoms with Crippen LogP contribution in [0.15, 0.2) is 47.3 Å². The topological polar surface area (TPSA) is 92.5 Å². The van der Waals surface area contributed by atoms with Crippen LogP contribution in [0.5, 0.6) is 0 Å². The molecule has 3 rings (SSSR count). The van der Waals surface area contributed by atoms with Gasteiger partial charge in [-0.1, -0.05) is 30.3 Å². The fourth-order valence-corrected chi connectivity index (χ4v) is 3.14. The molecule has 148 valence electrons. The first-order valence-electron chi connectivity index (χ1n) is 8.37. The Morgan fingerprint density at radius 2 is 1.79 bits per heavy atom. The molecule has 1 aliphatic rings. The number of hydrogen-bond acceptors (Lipinski definition) is 4. The van der Waals surface area contributed by atoms with Crippen LogP contribution in [-0.4, -0.2) is 50.9 Å². The van der Waals surface area contributed by atoms with Crippen molar-refractivity contribution in [2.24, 2.45) is 11.8 Å². The van der Waals surface area contributed by atoms with E-state index in [4.69, 9.17) is 5.11 Å². The third-order valence-corrected chi connectivity index (χ3v) is 4.63. The third-order valence-electron chi connectivity index (χ3n) is 4.63. The lowest BCUT2D eigenvalue weighted by Gasteiger charge is -2.18. The minimum Gasteiger partial charge on any atom is -0.481 e. The summed E-state index contributed by atoms with van der Waals surface area (Å²) in [4.78, 5) is 36.4. The molecule has 0 radical (unpaired) electrons. The summed E-state index contributed by atoms with van der Waals surface area (Å²) in [5, 5.41) is 13.1. The Morgan fingerprint density at radius 3 is 2.36 bits per heavy atom. The second-order valence-electron chi connectivity index (χ2n) is 6.47. The van der Waals surface area contributed by atoms with Crippen molar-refractivity contribution in [3.05, 3.63) is 52.8 Å². The summed E-state index contributed by atoms with van der Waals surface area (Å²) in [7, 11) is 0. The number of carboxylic acids is 1. The lowest BCUT2D eigenvalue weighted by Crippen LogP contribution is -2.37. The predicted molar refractivity (Wildman–Crippen MR) is 91.2 cm³/mol. The van der Waals surface area contributed by atoms with Crippen molar-refractivity contribution in [1.29, 1.82) is 0 Å². The number of carboxylic acid groups (broad SMARTS) is 1. The lowest BCUT2D eigenvalue weighted by atomic mass is 9.96. The normalized spacial score (nSPS) is 19.6. The molecule has 0 saturated carbocycles. The first-order chi connectivity index (χ1) is 13.2. The Balaban J connectivity index is 1.80. The van der Waals surface area contributed by atoms with Gasteiger partial charge in [-0.3, -0.25) is 14.4 Å². The molecule has 0 spiro atoms. The Morgan fingerprint density at radius 1 is 1.11 bits per heavy atom. The zero-order valence-electron chi connectivity index (χ0n) is 14.5. The van der Waals surface area contributed by atoms with Crippen LogP contribution in [0.1, 0.15) is 0 Å². The first kappa shape index (κ1) is 19.6. The van der Waals surface area contributed by atoms with Gasteiger partial charge in [0.1, 0.15) is 6.54 Å². The minimum atomic E-state index is -4.74. The molecule has 1 aliphatic heterocycles. The average Bonchev–Trinajstić information content (AvgIpc) is 3.11. The molecule has 2 atom stereocenters. The van der Waals surface area contributed by atoms with Gasteiger partial charge in [0, 0.05) is 24.7 Å². The number of benzene rings is 1. The van der Waals surface area contributed by atoms with Gasteiger partial charge in [-0.05, 0) is 6.07 Å². The van der Waals surface area contributed by atoms with Gasteiger partial charge in [-0.2, -0.15) is 18.3 Å². The zero-order valence-corrected chi connectivity index (χ0v) is 14.5. The molecule has 1 fully saturated rings. The molecule has 0 aliphatic carbocycles. The molecule has 7 nitrogen and oxygen atoms in total. The van der Waals surface area contributed by atoms with Crippen molar-refractivity contribution in [2.45, 2.75) is 12.7 Å². The summed E-state index contributed by atoms with van der Waals surface area (Å²) in [6.07, 6.45) is -4.74. The van der Waals surface area contributed by atoms with E-state index in [0.29, 0.717) is 11.3 Å². The van der Waals surface area contributed by atoms with Gasteiger partial charge in [0.2, 0.25) is 5.91 Å². The van der Waals surface area contributed by atoms with Gasteiger partial charge < -0.3 is 10.0 Å². The molecule has 1 saturated heterocycles. The van der Waals surface area contributed by atoms with Crippen LogP contribution in [0.2, 0.25) is 0 Å². The van der Waals surface area contributed by atoms with E-state index in [-0.39, 0.29) is 0 Å². The second kappa shape index (κ2) is 7.45. The zero-order chi connectivity index (χ0) is 20.5. The van der Waals surface area contributed by atoms with Crippen molar-refractivity contribution in [3.63, 3.8) is 0 Å². The maximum atomic E-state index is 13.1. The number of carbonyl (C=O) groups excluding carboxylic acids is 1. The average molecular weight is 395 g/mol. The van der Waals surface area contributed by atoms with Crippen LogP contribution >= 0.6 is 0 Å². The van der Waals surface area contributed by atoms with E-state index in [0.717, 1.165) is 9.58 Å². The summed E-state index contributed by atoms with van der Waals surface area (Å²) >= 11 is 0. The minimum absolute atomic E-state index is 0.422. The molecule has 2 aromatic rings. The molecule has 1 N–H and O–H groups in total. The van der Waals surface area contributed by atoms with Gasteiger partial charge in [-0.25, -0.2) is 4.68 Å². The van der Waals surface area contributed by atoms with Gasteiger partial charge in [0.05, 0.1) is 17.5 Å². The van der Waals surface area contributed by atoms with E-state index < -0.39 is 55.1 Å². The molecule has 2 heterocycles. The van der Waals surface area contributed by atoms with E-state index >= 15 is 0 Å². The number of alkyl halides is 3. The van der Waals surface area contributed by atoms with E-state index in [1.165, 1.54) is 12.1 Å². The molecular weight excluding hydrogens is 379 g/mol. The number of carbonyl (C=O) groups is 2. The van der Waals surface area contributed by atoms with Gasteiger partial charge in [-0.15, -0.1) is 0 Å². The highest BCUT2D eigenvalue weighted by atomic mass is 19.4. The van der Waals surface area contributed by atoms with Crippen LogP contribution in [0, 0.1) is 11.8 Å². The highest BCUT2D eigenvalue weighted by Gasteiger charge is 2.53. The van der Waals surface area contributed by atoms with Crippen molar-refractivity contribution >= 4 is 11.9 Å². The highest BCUT2D eigenvalue weighted by Crippen LogP contribution is 2.37. The molecule has 10 heteroatoms. The molecule has 1 aromatic carbocycles. The Bertz CT molecular complexity index is 943. The van der Waals surface area contributed by atoms with Crippen LogP contribution in [0.25, 0.3) is 11.3 Å². The molecular formula is C18H16F3N3O4. The number of halogens is 3. The lowest BCUT2D eigenvalue weighted by molar-refractivity contribution is -0.188. The second-order valence-corrected chi connectivity index (χ2v) is 6.47. The number of amides is 1. The van der Waals surface area contributed by atoms with Crippen molar-refractivity contribution in [3.8, 4) is 11.3 Å². The first-order valence-corrected chi connectivity index (χ1v) is 8.37. The third kappa shape index (κ3) is 4.05. The molecule has 1 amide bonds. The predicted octanol–water partition coefficient (Wildman–Crippen LogP) is 1.63. The van der Waals surface area contributed by atoms with Crippen LogP contribution in [0.4, 0.5) is 13.2 Å². The quantitative estimate of drug-likeness (QED) is 0.850. The molecule has 0 bridgehead atoms. The van der Waals surface area contributed by atoms with E-state index in [1.807, 2.05) is 0 Å². The number of hydrogen-bond donors (Lipinski definition) is 1. The van der Waals surface area contributed by atoms with Gasteiger partial charge in [0.25, 0.3) is 5.56 Å². The maximum absolute atomic E-state index is 13.1. The molecule has 28 heavy (non-hydrogen) atoms. The van der Waals surface area contributed by atoms with Gasteiger partial charge >= 0.3 is 12.1 Å². The van der Waals surface area contributed by atoms with Crippen LogP contribution in [-0.2, 0) is 16.1 Å². The monoisotopic (exact) mass is 395 g/mol. The van der Waals surface area contributed by atoms with Crippen molar-refractivity contribution in [1.82, 2.24) is 14.7 Å². The molecule has 1 aromatic heterocycles. The fraction of sp³-hybridized carbons (Fsp3) is 0.333. The Labute approximate surface area is 157 Å². The number of nitrogens with zero attached hydrogens (tertiary/aromatic N) is 3. The van der Waals surface area contributed by atoms with Crippen molar-refractivity contribution < 1.29 is 27.9 Å².